The number of fused-ring (bicyclic) bond motifs is 1. The fraction of sp³-hybridized carbons (Fsp3) is 0.333. The van der Waals surface area contributed by atoms with Crippen LogP contribution < -0.4 is 0 Å². The number of aliphatic hydroxyl groups excluding tert-OH is 1. The number of hydrogen-bond donors (Lipinski definition) is 2. The van der Waals surface area contributed by atoms with E-state index in [-0.39, 0.29) is 5.82 Å². The van der Waals surface area contributed by atoms with Gasteiger partial charge >= 0.3 is 6.18 Å². The Kier molecular flexibility index (Phi) is 2.55. The molecule has 0 saturated heterocycles. The number of nitrogens with zero attached hydrogens (tertiary/aromatic N) is 2. The summed E-state index contributed by atoms with van der Waals surface area (Å²) in [5.41, 5.74) is 0.888. The summed E-state index contributed by atoms with van der Waals surface area (Å²) in [6.07, 6.45) is -6.15. The van der Waals surface area contributed by atoms with Crippen molar-refractivity contribution in [1.82, 2.24) is 15.0 Å². The maximum atomic E-state index is 12.1. The molecule has 0 spiro atoms. The predicted molar refractivity (Wildman–Crippen MR) is 49.7 cm³/mol. The number of aromatic amines is 1. The molecule has 7 heteroatoms. The molecule has 0 bridgehead atoms. The number of alkyl halides is 3. The summed E-state index contributed by atoms with van der Waals surface area (Å²) in [6, 6.07) is 3.29. The van der Waals surface area contributed by atoms with E-state index in [1.54, 1.807) is 12.1 Å². The molecule has 2 aromatic heterocycles. The van der Waals surface area contributed by atoms with Crippen LogP contribution in [0.25, 0.3) is 11.2 Å². The summed E-state index contributed by atoms with van der Waals surface area (Å²) in [7, 11) is 0. The highest BCUT2D eigenvalue weighted by Crippen LogP contribution is 2.22. The first kappa shape index (κ1) is 10.9. The highest BCUT2D eigenvalue weighted by Gasteiger charge is 2.38. The third-order valence-corrected chi connectivity index (χ3v) is 2.07. The molecule has 0 aromatic carbocycles. The Morgan fingerprint density at radius 2 is 2.19 bits per heavy atom. The van der Waals surface area contributed by atoms with E-state index < -0.39 is 18.7 Å². The van der Waals surface area contributed by atoms with Crippen LogP contribution in [-0.2, 0) is 6.42 Å². The summed E-state index contributed by atoms with van der Waals surface area (Å²) >= 11 is 0. The molecule has 0 saturated carbocycles. The van der Waals surface area contributed by atoms with Crippen molar-refractivity contribution in [3.63, 3.8) is 0 Å². The molecule has 2 rings (SSSR count). The van der Waals surface area contributed by atoms with E-state index >= 15 is 0 Å². The van der Waals surface area contributed by atoms with Gasteiger partial charge in [0.15, 0.2) is 11.8 Å². The Balaban J connectivity index is 2.22. The third kappa shape index (κ3) is 2.13. The molecule has 1 unspecified atom stereocenters. The van der Waals surface area contributed by atoms with E-state index in [0.29, 0.717) is 11.2 Å². The van der Waals surface area contributed by atoms with Crippen molar-refractivity contribution in [3.8, 4) is 0 Å². The number of pyridine rings is 1. The number of H-pyrrole nitrogens is 1. The lowest BCUT2D eigenvalue weighted by molar-refractivity contribution is -0.203. The van der Waals surface area contributed by atoms with Gasteiger partial charge in [0.05, 0.1) is 5.52 Å². The van der Waals surface area contributed by atoms with Crippen LogP contribution in [0.3, 0.4) is 0 Å². The highest BCUT2D eigenvalue weighted by molar-refractivity contribution is 5.69. The van der Waals surface area contributed by atoms with Crippen LogP contribution in [0.15, 0.2) is 18.3 Å². The SMILES string of the molecule is OC(Cc1nc2ncccc2[nH]1)C(F)(F)F. The van der Waals surface area contributed by atoms with Crippen LogP contribution in [0.1, 0.15) is 5.82 Å². The van der Waals surface area contributed by atoms with E-state index in [0.717, 1.165) is 0 Å². The molecule has 1 atom stereocenters. The number of halogens is 3. The van der Waals surface area contributed by atoms with E-state index in [1.807, 2.05) is 0 Å². The predicted octanol–water partition coefficient (Wildman–Crippen LogP) is 1.42. The molecule has 0 aliphatic carbocycles. The maximum Gasteiger partial charge on any atom is 0.414 e. The van der Waals surface area contributed by atoms with Crippen molar-refractivity contribution in [2.45, 2.75) is 18.7 Å². The van der Waals surface area contributed by atoms with Gasteiger partial charge < -0.3 is 10.1 Å². The van der Waals surface area contributed by atoms with Crippen LogP contribution in [0.4, 0.5) is 13.2 Å². The van der Waals surface area contributed by atoms with Crippen LogP contribution in [0.2, 0.25) is 0 Å². The zero-order chi connectivity index (χ0) is 11.8. The fourth-order valence-corrected chi connectivity index (χ4v) is 1.29. The van der Waals surface area contributed by atoms with Gasteiger partial charge in [-0.25, -0.2) is 9.97 Å². The third-order valence-electron chi connectivity index (χ3n) is 2.07. The number of imidazole rings is 1. The largest absolute Gasteiger partial charge is 0.414 e. The summed E-state index contributed by atoms with van der Waals surface area (Å²) in [6.45, 7) is 0. The van der Waals surface area contributed by atoms with Crippen LogP contribution in [0.5, 0.6) is 0 Å². The van der Waals surface area contributed by atoms with Gasteiger partial charge in [-0.3, -0.25) is 0 Å². The summed E-state index contributed by atoms with van der Waals surface area (Å²) < 4.78 is 36.2. The molecule has 0 aliphatic heterocycles. The van der Waals surface area contributed by atoms with Gasteiger partial charge in [0.25, 0.3) is 0 Å². The first-order valence-electron chi connectivity index (χ1n) is 4.51. The summed E-state index contributed by atoms with van der Waals surface area (Å²) in [4.78, 5) is 10.4. The second kappa shape index (κ2) is 3.75. The van der Waals surface area contributed by atoms with Crippen molar-refractivity contribution in [1.29, 1.82) is 0 Å². The molecular formula is C9H8F3N3O. The van der Waals surface area contributed by atoms with Crippen molar-refractivity contribution in [2.24, 2.45) is 0 Å². The standard InChI is InChI=1S/C9H8F3N3O/c10-9(11,12)6(16)4-7-14-5-2-1-3-13-8(5)15-7/h1-3,6,16H,4H2,(H,13,14,15). The van der Waals surface area contributed by atoms with Crippen molar-refractivity contribution < 1.29 is 18.3 Å². The van der Waals surface area contributed by atoms with Crippen LogP contribution >= 0.6 is 0 Å². The molecular weight excluding hydrogens is 223 g/mol. The van der Waals surface area contributed by atoms with E-state index in [4.69, 9.17) is 5.11 Å². The van der Waals surface area contributed by atoms with Gasteiger partial charge in [-0.2, -0.15) is 13.2 Å². The van der Waals surface area contributed by atoms with Crippen LogP contribution in [0, 0.1) is 0 Å². The molecule has 0 aliphatic rings. The first-order valence-corrected chi connectivity index (χ1v) is 4.51. The smallest absolute Gasteiger partial charge is 0.383 e. The fourth-order valence-electron chi connectivity index (χ4n) is 1.29. The number of nitrogens with one attached hydrogen (secondary N) is 1. The van der Waals surface area contributed by atoms with Gasteiger partial charge in [-0.1, -0.05) is 0 Å². The lowest BCUT2D eigenvalue weighted by Crippen LogP contribution is -2.30. The lowest BCUT2D eigenvalue weighted by atomic mass is 10.2. The molecule has 0 amide bonds. The van der Waals surface area contributed by atoms with Gasteiger partial charge in [-0.15, -0.1) is 0 Å². The van der Waals surface area contributed by atoms with E-state index in [1.165, 1.54) is 6.20 Å². The van der Waals surface area contributed by atoms with Crippen molar-refractivity contribution in [3.05, 3.63) is 24.2 Å². The number of aromatic nitrogens is 3. The van der Waals surface area contributed by atoms with Crippen molar-refractivity contribution >= 4 is 11.2 Å². The lowest BCUT2D eigenvalue weighted by Gasteiger charge is -2.12. The Morgan fingerprint density at radius 1 is 1.44 bits per heavy atom. The summed E-state index contributed by atoms with van der Waals surface area (Å²) in [5, 5.41) is 8.86. The topological polar surface area (TPSA) is 61.8 Å². The highest BCUT2D eigenvalue weighted by atomic mass is 19.4. The Hall–Kier alpha value is -1.63. The zero-order valence-electron chi connectivity index (χ0n) is 7.99. The Morgan fingerprint density at radius 3 is 2.81 bits per heavy atom. The molecule has 2 N–H and O–H groups in total. The molecule has 4 nitrogen and oxygen atoms in total. The van der Waals surface area contributed by atoms with E-state index in [2.05, 4.69) is 15.0 Å². The number of hydrogen-bond acceptors (Lipinski definition) is 3. The van der Waals surface area contributed by atoms with E-state index in [9.17, 15) is 13.2 Å². The monoisotopic (exact) mass is 231 g/mol. The van der Waals surface area contributed by atoms with Gasteiger partial charge in [0.1, 0.15) is 5.82 Å². The normalized spacial score (nSPS) is 14.2. The minimum atomic E-state index is -4.63. The van der Waals surface area contributed by atoms with Gasteiger partial charge in [-0.05, 0) is 12.1 Å². The van der Waals surface area contributed by atoms with Crippen LogP contribution in [-0.4, -0.2) is 32.3 Å². The molecule has 0 radical (unpaired) electrons. The quantitative estimate of drug-likeness (QED) is 0.821. The molecule has 2 aromatic rings. The second-order valence-electron chi connectivity index (χ2n) is 3.32. The molecule has 86 valence electrons. The van der Waals surface area contributed by atoms with Gasteiger partial charge in [0.2, 0.25) is 0 Å². The second-order valence-corrected chi connectivity index (χ2v) is 3.32. The molecule has 2 heterocycles. The van der Waals surface area contributed by atoms with Gasteiger partial charge in [0, 0.05) is 12.6 Å². The Labute approximate surface area is 88.1 Å². The summed E-state index contributed by atoms with van der Waals surface area (Å²) in [5.74, 6) is 0.0681. The average molecular weight is 231 g/mol. The average Bonchev–Trinajstić information content (AvgIpc) is 2.58. The first-order chi connectivity index (χ1) is 7.47. The zero-order valence-corrected chi connectivity index (χ0v) is 7.99. The maximum absolute atomic E-state index is 12.1. The Bertz CT molecular complexity index is 461. The molecule has 0 fully saturated rings. The minimum absolute atomic E-state index is 0.0681. The number of rotatable bonds is 2. The number of aliphatic hydroxyl groups is 1. The molecule has 16 heavy (non-hydrogen) atoms. The minimum Gasteiger partial charge on any atom is -0.383 e. The van der Waals surface area contributed by atoms with Crippen molar-refractivity contribution in [2.75, 3.05) is 0 Å².